The fraction of sp³-hybridized carbons (Fsp3) is 0.500. The molecular formula is C14H20N2O2. The summed E-state index contributed by atoms with van der Waals surface area (Å²) in [6.45, 7) is 7.15. The van der Waals surface area contributed by atoms with Crippen LogP contribution in [0.3, 0.4) is 0 Å². The highest BCUT2D eigenvalue weighted by atomic mass is 16.5. The minimum atomic E-state index is 0.0563. The molecule has 1 saturated heterocycles. The van der Waals surface area contributed by atoms with Crippen molar-refractivity contribution in [3.05, 3.63) is 29.3 Å². The monoisotopic (exact) mass is 248 g/mol. The van der Waals surface area contributed by atoms with Crippen molar-refractivity contribution >= 4 is 11.6 Å². The molecule has 1 aromatic rings. The molecule has 98 valence electrons. The van der Waals surface area contributed by atoms with E-state index in [0.29, 0.717) is 18.7 Å². The zero-order valence-corrected chi connectivity index (χ0v) is 11.1. The molecule has 1 aromatic carbocycles. The van der Waals surface area contributed by atoms with Crippen molar-refractivity contribution in [2.45, 2.75) is 32.9 Å². The minimum Gasteiger partial charge on any atom is -0.399 e. The molecule has 2 atom stereocenters. The first kappa shape index (κ1) is 12.9. The molecule has 4 nitrogen and oxygen atoms in total. The van der Waals surface area contributed by atoms with Crippen LogP contribution in [0, 0.1) is 6.92 Å². The normalized spacial score (nSPS) is 24.1. The van der Waals surface area contributed by atoms with Crippen LogP contribution in [-0.4, -0.2) is 36.1 Å². The number of amides is 1. The van der Waals surface area contributed by atoms with Gasteiger partial charge in [-0.1, -0.05) is 0 Å². The maximum atomic E-state index is 12.4. The number of hydrogen-bond acceptors (Lipinski definition) is 3. The van der Waals surface area contributed by atoms with E-state index >= 15 is 0 Å². The van der Waals surface area contributed by atoms with E-state index in [1.54, 1.807) is 12.1 Å². The fourth-order valence-corrected chi connectivity index (χ4v) is 2.16. The van der Waals surface area contributed by atoms with Gasteiger partial charge in [0.25, 0.3) is 5.91 Å². The van der Waals surface area contributed by atoms with Crippen molar-refractivity contribution in [2.24, 2.45) is 0 Å². The largest absolute Gasteiger partial charge is 0.399 e. The van der Waals surface area contributed by atoms with Crippen LogP contribution in [0.4, 0.5) is 5.69 Å². The summed E-state index contributed by atoms with van der Waals surface area (Å²) in [6, 6.07) is 5.55. The lowest BCUT2D eigenvalue weighted by molar-refractivity contribution is -0.0387. The number of carbonyl (C=O) groups excluding carboxylic acids is 1. The van der Waals surface area contributed by atoms with E-state index in [0.717, 1.165) is 11.3 Å². The molecule has 2 unspecified atom stereocenters. The first-order valence-corrected chi connectivity index (χ1v) is 6.27. The van der Waals surface area contributed by atoms with Gasteiger partial charge >= 0.3 is 0 Å². The Hall–Kier alpha value is -1.55. The number of hydrogen-bond donors (Lipinski definition) is 1. The van der Waals surface area contributed by atoms with Gasteiger partial charge in [0.1, 0.15) is 0 Å². The lowest BCUT2D eigenvalue weighted by atomic mass is 10.1. The zero-order chi connectivity index (χ0) is 13.3. The molecule has 1 aliphatic rings. The van der Waals surface area contributed by atoms with Gasteiger partial charge in [-0.05, 0) is 44.5 Å². The average molecular weight is 248 g/mol. The number of ether oxygens (including phenoxy) is 1. The molecule has 4 heteroatoms. The molecule has 1 aliphatic heterocycles. The Kier molecular flexibility index (Phi) is 3.57. The summed E-state index contributed by atoms with van der Waals surface area (Å²) in [5.74, 6) is 0.0563. The van der Waals surface area contributed by atoms with Crippen LogP contribution in [0.1, 0.15) is 29.8 Å². The second-order valence-corrected chi connectivity index (χ2v) is 5.02. The van der Waals surface area contributed by atoms with E-state index in [-0.39, 0.29) is 18.1 Å². The van der Waals surface area contributed by atoms with Gasteiger partial charge < -0.3 is 15.4 Å². The number of anilines is 1. The number of nitrogen functional groups attached to an aromatic ring is 1. The first-order chi connectivity index (χ1) is 8.49. The predicted octanol–water partition coefficient (Wildman–Crippen LogP) is 1.83. The Morgan fingerprint density at radius 1 is 1.44 bits per heavy atom. The number of rotatable bonds is 1. The van der Waals surface area contributed by atoms with Crippen LogP contribution in [0.5, 0.6) is 0 Å². The predicted molar refractivity (Wildman–Crippen MR) is 71.5 cm³/mol. The highest BCUT2D eigenvalue weighted by Gasteiger charge is 2.28. The summed E-state index contributed by atoms with van der Waals surface area (Å²) in [6.07, 6.45) is 0.0972. The third-order valence-corrected chi connectivity index (χ3v) is 3.39. The third kappa shape index (κ3) is 2.48. The maximum absolute atomic E-state index is 12.4. The smallest absolute Gasteiger partial charge is 0.254 e. The van der Waals surface area contributed by atoms with E-state index in [9.17, 15) is 4.79 Å². The molecule has 0 radical (unpaired) electrons. The number of morpholine rings is 1. The lowest BCUT2D eigenvalue weighted by Gasteiger charge is -2.36. The highest BCUT2D eigenvalue weighted by Crippen LogP contribution is 2.18. The van der Waals surface area contributed by atoms with Crippen molar-refractivity contribution in [1.29, 1.82) is 0 Å². The quantitative estimate of drug-likeness (QED) is 0.771. The SMILES string of the molecule is Cc1cc(C(=O)N2CC(C)OCC2C)ccc1N. The zero-order valence-electron chi connectivity index (χ0n) is 11.1. The van der Waals surface area contributed by atoms with Gasteiger partial charge in [0.05, 0.1) is 18.8 Å². The van der Waals surface area contributed by atoms with Gasteiger partial charge in [-0.25, -0.2) is 0 Å². The molecule has 0 aliphatic carbocycles. The molecule has 1 amide bonds. The van der Waals surface area contributed by atoms with E-state index < -0.39 is 0 Å². The van der Waals surface area contributed by atoms with E-state index in [4.69, 9.17) is 10.5 Å². The van der Waals surface area contributed by atoms with E-state index in [2.05, 4.69) is 0 Å². The summed E-state index contributed by atoms with van der Waals surface area (Å²) >= 11 is 0. The lowest BCUT2D eigenvalue weighted by Crippen LogP contribution is -2.50. The molecule has 1 heterocycles. The van der Waals surface area contributed by atoms with Crippen molar-refractivity contribution in [3.8, 4) is 0 Å². The first-order valence-electron chi connectivity index (χ1n) is 6.27. The summed E-state index contributed by atoms with van der Waals surface area (Å²) in [5.41, 5.74) is 8.13. The molecular weight excluding hydrogens is 228 g/mol. The van der Waals surface area contributed by atoms with Gasteiger partial charge in [-0.3, -0.25) is 4.79 Å². The van der Waals surface area contributed by atoms with Crippen molar-refractivity contribution in [3.63, 3.8) is 0 Å². The maximum Gasteiger partial charge on any atom is 0.254 e. The van der Waals surface area contributed by atoms with Gasteiger partial charge in [0, 0.05) is 17.8 Å². The average Bonchev–Trinajstić information content (AvgIpc) is 2.35. The fourth-order valence-electron chi connectivity index (χ4n) is 2.16. The van der Waals surface area contributed by atoms with Gasteiger partial charge in [-0.15, -0.1) is 0 Å². The number of nitrogens with zero attached hydrogens (tertiary/aromatic N) is 1. The van der Waals surface area contributed by atoms with Crippen LogP contribution >= 0.6 is 0 Å². The molecule has 2 rings (SSSR count). The molecule has 18 heavy (non-hydrogen) atoms. The Balaban J connectivity index is 2.21. The van der Waals surface area contributed by atoms with Crippen LogP contribution in [-0.2, 0) is 4.74 Å². The van der Waals surface area contributed by atoms with Crippen molar-refractivity contribution < 1.29 is 9.53 Å². The molecule has 2 N–H and O–H groups in total. The summed E-state index contributed by atoms with van der Waals surface area (Å²) in [5, 5.41) is 0. The van der Waals surface area contributed by atoms with Gasteiger partial charge in [-0.2, -0.15) is 0 Å². The second kappa shape index (κ2) is 4.98. The van der Waals surface area contributed by atoms with E-state index in [1.165, 1.54) is 0 Å². The third-order valence-electron chi connectivity index (χ3n) is 3.39. The minimum absolute atomic E-state index is 0.0563. The van der Waals surface area contributed by atoms with E-state index in [1.807, 2.05) is 31.7 Å². The van der Waals surface area contributed by atoms with Crippen LogP contribution in [0.15, 0.2) is 18.2 Å². The number of aryl methyl sites for hydroxylation is 1. The van der Waals surface area contributed by atoms with Gasteiger partial charge in [0.2, 0.25) is 0 Å². The van der Waals surface area contributed by atoms with Crippen molar-refractivity contribution in [2.75, 3.05) is 18.9 Å². The molecule has 0 spiro atoms. The Bertz CT molecular complexity index is 459. The molecule has 0 saturated carbocycles. The Morgan fingerprint density at radius 2 is 2.17 bits per heavy atom. The summed E-state index contributed by atoms with van der Waals surface area (Å²) < 4.78 is 5.54. The molecule has 1 fully saturated rings. The molecule has 0 bridgehead atoms. The van der Waals surface area contributed by atoms with Crippen molar-refractivity contribution in [1.82, 2.24) is 4.90 Å². The summed E-state index contributed by atoms with van der Waals surface area (Å²) in [7, 11) is 0. The molecule has 0 aromatic heterocycles. The number of nitrogens with two attached hydrogens (primary N) is 1. The van der Waals surface area contributed by atoms with Crippen LogP contribution in [0.25, 0.3) is 0 Å². The number of carbonyl (C=O) groups is 1. The number of benzene rings is 1. The standard InChI is InChI=1S/C14H20N2O2/c1-9-6-12(4-5-13(9)15)14(17)16-7-11(3)18-8-10(16)2/h4-6,10-11H,7-8,15H2,1-3H3. The van der Waals surface area contributed by atoms with Crippen LogP contribution in [0.2, 0.25) is 0 Å². The highest BCUT2D eigenvalue weighted by molar-refractivity contribution is 5.95. The summed E-state index contributed by atoms with van der Waals surface area (Å²) in [4.78, 5) is 14.3. The van der Waals surface area contributed by atoms with Gasteiger partial charge in [0.15, 0.2) is 0 Å². The second-order valence-electron chi connectivity index (χ2n) is 5.02. The Labute approximate surface area is 108 Å². The Morgan fingerprint density at radius 3 is 2.83 bits per heavy atom. The topological polar surface area (TPSA) is 55.6 Å². The van der Waals surface area contributed by atoms with Crippen LogP contribution < -0.4 is 5.73 Å².